The van der Waals surface area contributed by atoms with E-state index in [0.717, 1.165) is 56.8 Å². The lowest BCUT2D eigenvalue weighted by molar-refractivity contribution is 0.0345. The smallest absolute Gasteiger partial charge is 0.170 e. The first kappa shape index (κ1) is 15.1. The number of hydrogen-bond donors (Lipinski definition) is 0. The highest BCUT2D eigenvalue weighted by Gasteiger charge is 2.26. The lowest BCUT2D eigenvalue weighted by Gasteiger charge is -2.34. The molecule has 0 aliphatic carbocycles. The van der Waals surface area contributed by atoms with Gasteiger partial charge < -0.3 is 14.2 Å². The van der Waals surface area contributed by atoms with E-state index in [0.29, 0.717) is 17.4 Å². The maximum Gasteiger partial charge on any atom is 0.170 e. The monoisotopic (exact) mass is 318 g/mol. The third-order valence-electron chi connectivity index (χ3n) is 5.21. The largest absolute Gasteiger partial charge is 0.381 e. The highest BCUT2D eigenvalue weighted by atomic mass is 19.1. The van der Waals surface area contributed by atoms with Crippen LogP contribution < -0.4 is 0 Å². The summed E-state index contributed by atoms with van der Waals surface area (Å²) in [6.45, 7) is 5.18. The molecule has 124 valence electrons. The van der Waals surface area contributed by atoms with E-state index in [-0.39, 0.29) is 5.82 Å². The maximum absolute atomic E-state index is 13.3. The number of halogens is 1. The molecule has 2 saturated heterocycles. The fraction of sp³-hybridized carbons (Fsp3) is 0.611. The predicted molar refractivity (Wildman–Crippen MR) is 85.9 cm³/mol. The van der Waals surface area contributed by atoms with E-state index < -0.39 is 0 Å². The van der Waals surface area contributed by atoms with Crippen molar-refractivity contribution < 1.29 is 13.7 Å². The van der Waals surface area contributed by atoms with E-state index in [1.54, 1.807) is 6.07 Å². The van der Waals surface area contributed by atoms with Crippen molar-refractivity contribution in [3.05, 3.63) is 29.7 Å². The zero-order chi connectivity index (χ0) is 15.6. The van der Waals surface area contributed by atoms with Crippen LogP contribution in [0.2, 0.25) is 0 Å². The van der Waals surface area contributed by atoms with E-state index in [9.17, 15) is 4.39 Å². The number of rotatable bonds is 3. The lowest BCUT2D eigenvalue weighted by atomic mass is 9.90. The van der Waals surface area contributed by atoms with Gasteiger partial charge in [-0.25, -0.2) is 4.39 Å². The quantitative estimate of drug-likeness (QED) is 0.867. The Labute approximate surface area is 135 Å². The van der Waals surface area contributed by atoms with Crippen molar-refractivity contribution in [2.45, 2.75) is 31.6 Å². The molecule has 0 saturated carbocycles. The second kappa shape index (κ2) is 6.57. The molecular weight excluding hydrogens is 295 g/mol. The summed E-state index contributed by atoms with van der Waals surface area (Å²) in [5, 5.41) is 5.18. The number of ether oxygens (including phenoxy) is 1. The fourth-order valence-corrected chi connectivity index (χ4v) is 3.93. The molecule has 0 radical (unpaired) electrons. The Morgan fingerprint density at radius 3 is 2.87 bits per heavy atom. The van der Waals surface area contributed by atoms with Crippen molar-refractivity contribution >= 4 is 11.0 Å². The molecule has 2 aromatic rings. The van der Waals surface area contributed by atoms with E-state index in [2.05, 4.69) is 10.1 Å². The highest BCUT2D eigenvalue weighted by Crippen LogP contribution is 2.33. The standard InChI is InChI=1S/C18H23FN2O2/c19-15-3-4-16-17(10-15)23-20-18(16)14-5-7-21(8-6-14)11-13-2-1-9-22-12-13/h3-4,10,13-14H,1-2,5-9,11-12H2. The first-order valence-corrected chi connectivity index (χ1v) is 8.64. The summed E-state index contributed by atoms with van der Waals surface area (Å²) >= 11 is 0. The van der Waals surface area contributed by atoms with Gasteiger partial charge in [0, 0.05) is 30.5 Å². The lowest BCUT2D eigenvalue weighted by Crippen LogP contribution is -2.38. The Hall–Kier alpha value is -1.46. The van der Waals surface area contributed by atoms with Gasteiger partial charge in [-0.05, 0) is 56.8 Å². The molecule has 0 N–H and O–H groups in total. The highest BCUT2D eigenvalue weighted by molar-refractivity contribution is 5.79. The zero-order valence-electron chi connectivity index (χ0n) is 13.3. The first-order valence-electron chi connectivity index (χ1n) is 8.64. The third-order valence-corrected chi connectivity index (χ3v) is 5.21. The normalized spacial score (nSPS) is 24.3. The topological polar surface area (TPSA) is 38.5 Å². The molecule has 2 fully saturated rings. The second-order valence-electron chi connectivity index (χ2n) is 6.87. The molecule has 4 nitrogen and oxygen atoms in total. The van der Waals surface area contributed by atoms with Gasteiger partial charge in [0.1, 0.15) is 5.82 Å². The Kier molecular flexibility index (Phi) is 4.31. The first-order chi connectivity index (χ1) is 11.3. The number of hydrogen-bond acceptors (Lipinski definition) is 4. The average molecular weight is 318 g/mol. The molecule has 1 unspecified atom stereocenters. The summed E-state index contributed by atoms with van der Waals surface area (Å²) in [4.78, 5) is 2.55. The van der Waals surface area contributed by atoms with Crippen molar-refractivity contribution in [3.63, 3.8) is 0 Å². The Morgan fingerprint density at radius 2 is 2.09 bits per heavy atom. The van der Waals surface area contributed by atoms with Crippen LogP contribution in [-0.4, -0.2) is 42.9 Å². The maximum atomic E-state index is 13.3. The van der Waals surface area contributed by atoms with Gasteiger partial charge in [0.25, 0.3) is 0 Å². The number of nitrogens with zero attached hydrogens (tertiary/aromatic N) is 2. The van der Waals surface area contributed by atoms with Gasteiger partial charge in [-0.1, -0.05) is 5.16 Å². The summed E-state index contributed by atoms with van der Waals surface area (Å²) in [6.07, 6.45) is 4.67. The van der Waals surface area contributed by atoms with Gasteiger partial charge in [0.15, 0.2) is 5.58 Å². The summed E-state index contributed by atoms with van der Waals surface area (Å²) in [5.74, 6) is 0.835. The van der Waals surface area contributed by atoms with Crippen molar-refractivity contribution in [2.75, 3.05) is 32.8 Å². The van der Waals surface area contributed by atoms with E-state index >= 15 is 0 Å². The second-order valence-corrected chi connectivity index (χ2v) is 6.87. The van der Waals surface area contributed by atoms with E-state index in [1.807, 2.05) is 0 Å². The number of likely N-dealkylation sites (tertiary alicyclic amines) is 1. The van der Waals surface area contributed by atoms with E-state index in [1.165, 1.54) is 25.0 Å². The third kappa shape index (κ3) is 3.26. The molecule has 1 aromatic heterocycles. The molecule has 4 rings (SSSR count). The number of benzene rings is 1. The molecule has 23 heavy (non-hydrogen) atoms. The molecule has 0 spiro atoms. The minimum absolute atomic E-state index is 0.273. The molecule has 3 heterocycles. The van der Waals surface area contributed by atoms with Crippen molar-refractivity contribution in [3.8, 4) is 0 Å². The molecule has 2 aliphatic heterocycles. The molecule has 0 bridgehead atoms. The SMILES string of the molecule is Fc1ccc2c(C3CCN(CC4CCCOC4)CC3)noc2c1. The van der Waals surface area contributed by atoms with Crippen molar-refractivity contribution in [1.29, 1.82) is 0 Å². The number of fused-ring (bicyclic) bond motifs is 1. The van der Waals surface area contributed by atoms with Crippen LogP contribution in [0.25, 0.3) is 11.0 Å². The Bertz CT molecular complexity index is 658. The molecule has 5 heteroatoms. The molecule has 0 amide bonds. The van der Waals surface area contributed by atoms with Crippen LogP contribution in [0.15, 0.2) is 22.7 Å². The Balaban J connectivity index is 1.38. The van der Waals surface area contributed by atoms with Crippen LogP contribution in [0.4, 0.5) is 4.39 Å². The average Bonchev–Trinajstić information content (AvgIpc) is 2.99. The molecular formula is C18H23FN2O2. The predicted octanol–water partition coefficient (Wildman–Crippen LogP) is 3.57. The Morgan fingerprint density at radius 1 is 1.22 bits per heavy atom. The zero-order valence-corrected chi connectivity index (χ0v) is 13.3. The van der Waals surface area contributed by atoms with Crippen molar-refractivity contribution in [1.82, 2.24) is 10.1 Å². The van der Waals surface area contributed by atoms with E-state index in [4.69, 9.17) is 9.26 Å². The summed E-state index contributed by atoms with van der Waals surface area (Å²) in [6, 6.07) is 4.70. The molecule has 1 atom stereocenters. The van der Waals surface area contributed by atoms with Gasteiger partial charge in [-0.3, -0.25) is 0 Å². The number of piperidine rings is 1. The van der Waals surface area contributed by atoms with Gasteiger partial charge in [-0.2, -0.15) is 0 Å². The van der Waals surface area contributed by atoms with Crippen molar-refractivity contribution in [2.24, 2.45) is 5.92 Å². The van der Waals surface area contributed by atoms with Crippen LogP contribution in [0.1, 0.15) is 37.3 Å². The summed E-state index contributed by atoms with van der Waals surface area (Å²) < 4.78 is 24.2. The minimum atomic E-state index is -0.273. The van der Waals surface area contributed by atoms with Crippen LogP contribution in [0.5, 0.6) is 0 Å². The van der Waals surface area contributed by atoms with Crippen LogP contribution in [0, 0.1) is 11.7 Å². The fourth-order valence-electron chi connectivity index (χ4n) is 3.93. The summed E-state index contributed by atoms with van der Waals surface area (Å²) in [7, 11) is 0. The van der Waals surface area contributed by atoms with Crippen LogP contribution in [-0.2, 0) is 4.74 Å². The van der Waals surface area contributed by atoms with Gasteiger partial charge in [0.05, 0.1) is 12.3 Å². The summed E-state index contributed by atoms with van der Waals surface area (Å²) in [5.41, 5.74) is 1.56. The minimum Gasteiger partial charge on any atom is -0.381 e. The van der Waals surface area contributed by atoms with Crippen LogP contribution in [0.3, 0.4) is 0 Å². The van der Waals surface area contributed by atoms with Gasteiger partial charge in [-0.15, -0.1) is 0 Å². The van der Waals surface area contributed by atoms with Crippen LogP contribution >= 0.6 is 0 Å². The molecule has 2 aliphatic rings. The van der Waals surface area contributed by atoms with Gasteiger partial charge in [0.2, 0.25) is 0 Å². The number of aromatic nitrogens is 1. The molecule has 1 aromatic carbocycles. The van der Waals surface area contributed by atoms with Gasteiger partial charge >= 0.3 is 0 Å².